The molecule has 1 aromatic rings. The Kier molecular flexibility index (Phi) is 4.28. The molecule has 0 aromatic carbocycles. The van der Waals surface area contributed by atoms with E-state index < -0.39 is 10.0 Å². The average Bonchev–Trinajstić information content (AvgIpc) is 3.04. The molecule has 1 aliphatic rings. The van der Waals surface area contributed by atoms with Gasteiger partial charge in [0.25, 0.3) is 10.0 Å². The van der Waals surface area contributed by atoms with Crippen molar-refractivity contribution in [1.82, 2.24) is 14.6 Å². The fourth-order valence-electron chi connectivity index (χ4n) is 1.72. The highest BCUT2D eigenvalue weighted by Gasteiger charge is 2.26. The van der Waals surface area contributed by atoms with Crippen LogP contribution in [0.15, 0.2) is 4.21 Å². The van der Waals surface area contributed by atoms with Crippen LogP contribution in [0.4, 0.5) is 0 Å². The fourth-order valence-corrected chi connectivity index (χ4v) is 4.52. The van der Waals surface area contributed by atoms with Gasteiger partial charge in [0, 0.05) is 19.1 Å². The zero-order valence-corrected chi connectivity index (χ0v) is 12.7. The molecule has 18 heavy (non-hydrogen) atoms. The normalized spacial score (nSPS) is 16.4. The fraction of sp³-hybridized carbons (Fsp3) is 0.700. The van der Waals surface area contributed by atoms with E-state index >= 15 is 0 Å². The average molecular weight is 310 g/mol. The van der Waals surface area contributed by atoms with Gasteiger partial charge in [0.2, 0.25) is 0 Å². The van der Waals surface area contributed by atoms with E-state index in [2.05, 4.69) is 14.6 Å². The Labute approximate surface area is 116 Å². The van der Waals surface area contributed by atoms with Crippen molar-refractivity contribution in [3.63, 3.8) is 0 Å². The first kappa shape index (κ1) is 14.2. The second-order valence-electron chi connectivity index (χ2n) is 4.45. The van der Waals surface area contributed by atoms with Gasteiger partial charge in [0.15, 0.2) is 8.68 Å². The van der Waals surface area contributed by atoms with Gasteiger partial charge in [0.1, 0.15) is 0 Å². The molecule has 102 valence electrons. The van der Waals surface area contributed by atoms with E-state index in [4.69, 9.17) is 11.6 Å². The number of nitrogens with zero attached hydrogens (tertiary/aromatic N) is 2. The SMILES string of the molecule is Cc1nc(Cl)sc1S(=O)(=O)NCCN(C)C1CC1. The second kappa shape index (κ2) is 5.42. The highest BCUT2D eigenvalue weighted by atomic mass is 35.5. The Hall–Kier alpha value is -0.210. The van der Waals surface area contributed by atoms with E-state index in [1.807, 2.05) is 7.05 Å². The predicted molar refractivity (Wildman–Crippen MR) is 72.7 cm³/mol. The summed E-state index contributed by atoms with van der Waals surface area (Å²) in [6, 6.07) is 0.633. The van der Waals surface area contributed by atoms with Gasteiger partial charge in [-0.3, -0.25) is 0 Å². The molecule has 5 nitrogen and oxygen atoms in total. The van der Waals surface area contributed by atoms with E-state index in [9.17, 15) is 8.42 Å². The van der Waals surface area contributed by atoms with Gasteiger partial charge < -0.3 is 4.90 Å². The molecule has 1 saturated carbocycles. The molecule has 1 aromatic heterocycles. The van der Waals surface area contributed by atoms with E-state index in [0.29, 0.717) is 18.3 Å². The van der Waals surface area contributed by atoms with Gasteiger partial charge in [-0.1, -0.05) is 22.9 Å². The standard InChI is InChI=1S/C10H16ClN3O2S2/c1-7-9(17-10(11)13-7)18(15,16)12-5-6-14(2)8-3-4-8/h8,12H,3-6H2,1-2H3. The Balaban J connectivity index is 1.92. The maximum atomic E-state index is 12.0. The predicted octanol–water partition coefficient (Wildman–Crippen LogP) is 1.48. The van der Waals surface area contributed by atoms with Crippen molar-refractivity contribution in [2.45, 2.75) is 30.0 Å². The second-order valence-corrected chi connectivity index (χ2v) is 7.99. The third-order valence-corrected chi connectivity index (χ3v) is 6.23. The number of nitrogens with one attached hydrogen (secondary N) is 1. The Morgan fingerprint density at radius 1 is 1.56 bits per heavy atom. The van der Waals surface area contributed by atoms with Crippen LogP contribution >= 0.6 is 22.9 Å². The first-order valence-electron chi connectivity index (χ1n) is 5.73. The van der Waals surface area contributed by atoms with Crippen molar-refractivity contribution in [1.29, 1.82) is 0 Å². The number of likely N-dealkylation sites (N-methyl/N-ethyl adjacent to an activating group) is 1. The monoisotopic (exact) mass is 309 g/mol. The minimum Gasteiger partial charge on any atom is -0.302 e. The van der Waals surface area contributed by atoms with Crippen LogP contribution in [0.1, 0.15) is 18.5 Å². The molecule has 0 bridgehead atoms. The lowest BCUT2D eigenvalue weighted by molar-refractivity contribution is 0.329. The molecule has 0 saturated heterocycles. The van der Waals surface area contributed by atoms with Crippen LogP contribution in [0.5, 0.6) is 0 Å². The number of aryl methyl sites for hydroxylation is 1. The number of halogens is 1. The van der Waals surface area contributed by atoms with Crippen molar-refractivity contribution >= 4 is 33.0 Å². The largest absolute Gasteiger partial charge is 0.302 e. The van der Waals surface area contributed by atoms with Gasteiger partial charge in [-0.15, -0.1) is 0 Å². The van der Waals surface area contributed by atoms with E-state index in [-0.39, 0.29) is 8.68 Å². The zero-order valence-electron chi connectivity index (χ0n) is 10.3. The van der Waals surface area contributed by atoms with E-state index in [1.54, 1.807) is 6.92 Å². The minimum absolute atomic E-state index is 0.210. The zero-order chi connectivity index (χ0) is 13.3. The summed E-state index contributed by atoms with van der Waals surface area (Å²) in [6.07, 6.45) is 2.43. The van der Waals surface area contributed by atoms with Crippen LogP contribution in [0, 0.1) is 6.92 Å². The van der Waals surface area contributed by atoms with Crippen LogP contribution in [0.25, 0.3) is 0 Å². The molecule has 8 heteroatoms. The van der Waals surface area contributed by atoms with Crippen molar-refractivity contribution in [3.8, 4) is 0 Å². The summed E-state index contributed by atoms with van der Waals surface area (Å²) in [4.78, 5) is 6.09. The number of sulfonamides is 1. The van der Waals surface area contributed by atoms with Gasteiger partial charge in [-0.25, -0.2) is 18.1 Å². The highest BCUT2D eigenvalue weighted by Crippen LogP contribution is 2.27. The van der Waals surface area contributed by atoms with Crippen LogP contribution in [-0.2, 0) is 10.0 Å². The van der Waals surface area contributed by atoms with Gasteiger partial charge >= 0.3 is 0 Å². The lowest BCUT2D eigenvalue weighted by atomic mass is 10.5. The maximum Gasteiger partial charge on any atom is 0.252 e. The summed E-state index contributed by atoms with van der Waals surface area (Å²) in [7, 11) is -1.46. The third kappa shape index (κ3) is 3.42. The van der Waals surface area contributed by atoms with E-state index in [1.165, 1.54) is 12.8 Å². The molecular formula is C10H16ClN3O2S2. The van der Waals surface area contributed by atoms with Crippen molar-refractivity contribution in [2.24, 2.45) is 0 Å². The minimum atomic E-state index is -3.48. The third-order valence-electron chi connectivity index (χ3n) is 2.90. The Bertz CT molecular complexity index is 525. The van der Waals surface area contributed by atoms with E-state index in [0.717, 1.165) is 17.9 Å². The molecule has 0 unspecified atom stereocenters. The first-order chi connectivity index (χ1) is 8.40. The number of rotatable bonds is 6. The number of aromatic nitrogens is 1. The number of hydrogen-bond donors (Lipinski definition) is 1. The summed E-state index contributed by atoms with van der Waals surface area (Å²) < 4.78 is 27.1. The van der Waals surface area contributed by atoms with Crippen LogP contribution in [0.3, 0.4) is 0 Å². The smallest absolute Gasteiger partial charge is 0.252 e. The molecule has 1 heterocycles. The maximum absolute atomic E-state index is 12.0. The molecule has 1 fully saturated rings. The van der Waals surface area contributed by atoms with Crippen molar-refractivity contribution < 1.29 is 8.42 Å². The van der Waals surface area contributed by atoms with Gasteiger partial charge in [0.05, 0.1) is 5.69 Å². The summed E-state index contributed by atoms with van der Waals surface area (Å²) in [6.45, 7) is 2.77. The van der Waals surface area contributed by atoms with Crippen LogP contribution < -0.4 is 4.72 Å². The molecular weight excluding hydrogens is 294 g/mol. The van der Waals surface area contributed by atoms with Gasteiger partial charge in [-0.05, 0) is 26.8 Å². The molecule has 0 amide bonds. The molecule has 0 spiro atoms. The lowest BCUT2D eigenvalue weighted by Gasteiger charge is -2.15. The highest BCUT2D eigenvalue weighted by molar-refractivity contribution is 7.91. The molecule has 0 aliphatic heterocycles. The molecule has 0 atom stereocenters. The Morgan fingerprint density at radius 3 is 2.72 bits per heavy atom. The number of thiazole rings is 1. The van der Waals surface area contributed by atoms with Crippen molar-refractivity contribution in [2.75, 3.05) is 20.1 Å². The lowest BCUT2D eigenvalue weighted by Crippen LogP contribution is -2.33. The molecule has 1 aliphatic carbocycles. The van der Waals surface area contributed by atoms with Crippen LogP contribution in [-0.4, -0.2) is 44.5 Å². The summed E-state index contributed by atoms with van der Waals surface area (Å²) in [5, 5.41) is 0. The molecule has 0 radical (unpaired) electrons. The summed E-state index contributed by atoms with van der Waals surface area (Å²) in [5.41, 5.74) is 0.452. The number of hydrogen-bond acceptors (Lipinski definition) is 5. The quantitative estimate of drug-likeness (QED) is 0.864. The Morgan fingerprint density at radius 2 is 2.22 bits per heavy atom. The first-order valence-corrected chi connectivity index (χ1v) is 8.41. The van der Waals surface area contributed by atoms with Crippen LogP contribution in [0.2, 0.25) is 4.47 Å². The summed E-state index contributed by atoms with van der Waals surface area (Å²) >= 11 is 6.70. The molecule has 1 N–H and O–H groups in total. The van der Waals surface area contributed by atoms with Gasteiger partial charge in [-0.2, -0.15) is 0 Å². The molecule has 2 rings (SSSR count). The van der Waals surface area contributed by atoms with Crippen molar-refractivity contribution in [3.05, 3.63) is 10.2 Å². The topological polar surface area (TPSA) is 62.3 Å². The summed E-state index contributed by atoms with van der Waals surface area (Å²) in [5.74, 6) is 0.